The second-order valence-corrected chi connectivity index (χ2v) is 7.17. The van der Waals surface area contributed by atoms with E-state index in [0.717, 1.165) is 0 Å². The molecule has 0 radical (unpaired) electrons. The minimum atomic E-state index is -0.631. The van der Waals surface area contributed by atoms with E-state index in [1.807, 2.05) is 24.8 Å². The lowest BCUT2D eigenvalue weighted by atomic mass is 9.88. The summed E-state index contributed by atoms with van der Waals surface area (Å²) in [6.45, 7) is 8.95. The van der Waals surface area contributed by atoms with Crippen LogP contribution in [-0.4, -0.2) is 48.3 Å². The second kappa shape index (κ2) is 9.90. The van der Waals surface area contributed by atoms with Crippen molar-refractivity contribution < 1.29 is 14.4 Å². The van der Waals surface area contributed by atoms with E-state index < -0.39 is 6.04 Å². The monoisotopic (exact) mass is 371 g/mol. The van der Waals surface area contributed by atoms with Crippen LogP contribution in [0.25, 0.3) is 0 Å². The summed E-state index contributed by atoms with van der Waals surface area (Å²) in [4.78, 5) is 39.2. The smallest absolute Gasteiger partial charge is 0.251 e. The number of nitrogens with one attached hydrogen (secondary N) is 2. The van der Waals surface area contributed by atoms with Crippen LogP contribution in [0.4, 0.5) is 0 Å². The minimum absolute atomic E-state index is 0.0151. The highest BCUT2D eigenvalue weighted by atomic mass is 16.2. The number of nitrogens with zero attached hydrogens (tertiary/aromatic N) is 1. The van der Waals surface area contributed by atoms with Crippen molar-refractivity contribution in [3.05, 3.63) is 48.6 Å². The van der Waals surface area contributed by atoms with Crippen molar-refractivity contribution in [2.24, 2.45) is 11.8 Å². The maximum Gasteiger partial charge on any atom is 0.251 e. The third-order valence-corrected chi connectivity index (χ3v) is 4.84. The van der Waals surface area contributed by atoms with Gasteiger partial charge in [-0.1, -0.05) is 38.1 Å². The number of likely N-dealkylation sites (tertiary alicyclic amines) is 1. The van der Waals surface area contributed by atoms with E-state index in [2.05, 4.69) is 17.2 Å². The molecule has 0 bridgehead atoms. The van der Waals surface area contributed by atoms with Gasteiger partial charge in [0.05, 0.1) is 0 Å². The van der Waals surface area contributed by atoms with Crippen LogP contribution in [-0.2, 0) is 9.59 Å². The molecule has 1 aliphatic heterocycles. The first-order chi connectivity index (χ1) is 12.9. The molecule has 0 saturated carbocycles. The van der Waals surface area contributed by atoms with Gasteiger partial charge in [-0.15, -0.1) is 6.58 Å². The van der Waals surface area contributed by atoms with Gasteiger partial charge in [0, 0.05) is 31.1 Å². The van der Waals surface area contributed by atoms with Crippen molar-refractivity contribution in [1.29, 1.82) is 0 Å². The number of carbonyl (C=O) groups excluding carboxylic acids is 3. The third kappa shape index (κ3) is 5.67. The number of amides is 3. The Labute approximate surface area is 161 Å². The van der Waals surface area contributed by atoms with Crippen molar-refractivity contribution in [3.8, 4) is 0 Å². The fourth-order valence-electron chi connectivity index (χ4n) is 3.31. The average Bonchev–Trinajstić information content (AvgIpc) is 2.70. The van der Waals surface area contributed by atoms with Crippen LogP contribution in [0, 0.1) is 11.8 Å². The lowest BCUT2D eigenvalue weighted by Crippen LogP contribution is -2.54. The number of piperidine rings is 1. The third-order valence-electron chi connectivity index (χ3n) is 4.84. The van der Waals surface area contributed by atoms with Gasteiger partial charge < -0.3 is 15.5 Å². The van der Waals surface area contributed by atoms with Gasteiger partial charge >= 0.3 is 0 Å². The molecule has 1 atom stereocenters. The lowest BCUT2D eigenvalue weighted by molar-refractivity contribution is -0.136. The van der Waals surface area contributed by atoms with Gasteiger partial charge in [-0.05, 0) is 30.9 Å². The highest BCUT2D eigenvalue weighted by Gasteiger charge is 2.34. The Balaban J connectivity index is 2.06. The van der Waals surface area contributed by atoms with Gasteiger partial charge in [-0.2, -0.15) is 0 Å². The number of hydrogen-bond acceptors (Lipinski definition) is 3. The zero-order valence-corrected chi connectivity index (χ0v) is 16.1. The van der Waals surface area contributed by atoms with E-state index in [4.69, 9.17) is 0 Å². The van der Waals surface area contributed by atoms with E-state index in [0.29, 0.717) is 38.0 Å². The minimum Gasteiger partial charge on any atom is -0.351 e. The fraction of sp³-hybridized carbons (Fsp3) is 0.476. The molecule has 6 heteroatoms. The van der Waals surface area contributed by atoms with E-state index in [1.165, 1.54) is 0 Å². The molecule has 1 aromatic carbocycles. The van der Waals surface area contributed by atoms with Crippen molar-refractivity contribution in [2.45, 2.75) is 32.7 Å². The Morgan fingerprint density at radius 3 is 2.37 bits per heavy atom. The molecular formula is C21H29N3O3. The predicted molar refractivity (Wildman–Crippen MR) is 105 cm³/mol. The molecule has 1 fully saturated rings. The summed E-state index contributed by atoms with van der Waals surface area (Å²) in [5, 5.41) is 5.68. The van der Waals surface area contributed by atoms with Gasteiger partial charge in [-0.3, -0.25) is 14.4 Å². The first-order valence-electron chi connectivity index (χ1n) is 9.47. The maximum absolute atomic E-state index is 12.6. The van der Waals surface area contributed by atoms with E-state index in [1.54, 1.807) is 30.3 Å². The zero-order chi connectivity index (χ0) is 19.8. The number of hydrogen-bond donors (Lipinski definition) is 2. The number of carbonyl (C=O) groups is 3. The predicted octanol–water partition coefficient (Wildman–Crippen LogP) is 1.98. The molecule has 0 aromatic heterocycles. The molecule has 1 aliphatic rings. The topological polar surface area (TPSA) is 78.5 Å². The summed E-state index contributed by atoms with van der Waals surface area (Å²) in [7, 11) is 0. The molecule has 6 nitrogen and oxygen atoms in total. The molecule has 1 unspecified atom stereocenters. The second-order valence-electron chi connectivity index (χ2n) is 7.17. The summed E-state index contributed by atoms with van der Waals surface area (Å²) < 4.78 is 0. The molecular weight excluding hydrogens is 342 g/mol. The maximum atomic E-state index is 12.6. The summed E-state index contributed by atoms with van der Waals surface area (Å²) in [5.41, 5.74) is 0.520. The van der Waals surface area contributed by atoms with Crippen LogP contribution >= 0.6 is 0 Å². The van der Waals surface area contributed by atoms with Gasteiger partial charge in [0.25, 0.3) is 5.91 Å². The fourth-order valence-corrected chi connectivity index (χ4v) is 3.31. The van der Waals surface area contributed by atoms with Crippen molar-refractivity contribution >= 4 is 17.7 Å². The first kappa shape index (κ1) is 20.7. The highest BCUT2D eigenvalue weighted by molar-refractivity contribution is 5.97. The van der Waals surface area contributed by atoms with Gasteiger partial charge in [0.2, 0.25) is 11.8 Å². The molecule has 1 aromatic rings. The molecule has 0 aliphatic carbocycles. The Kier molecular flexibility index (Phi) is 7.58. The van der Waals surface area contributed by atoms with Crippen LogP contribution in [0.5, 0.6) is 0 Å². The number of benzene rings is 1. The molecule has 146 valence electrons. The molecule has 1 saturated heterocycles. The summed E-state index contributed by atoms with van der Waals surface area (Å²) in [6, 6.07) is 8.23. The van der Waals surface area contributed by atoms with E-state index >= 15 is 0 Å². The number of rotatable bonds is 7. The van der Waals surface area contributed by atoms with Crippen LogP contribution < -0.4 is 10.6 Å². The Morgan fingerprint density at radius 2 is 1.81 bits per heavy atom. The van der Waals surface area contributed by atoms with Crippen LogP contribution in [0.1, 0.15) is 37.0 Å². The SMILES string of the molecule is C=CCNC(=O)C(NC(=O)c1ccccc1)C1CCN(C(=O)C(C)C)CC1. The van der Waals surface area contributed by atoms with Crippen molar-refractivity contribution in [2.75, 3.05) is 19.6 Å². The first-order valence-corrected chi connectivity index (χ1v) is 9.47. The Bertz CT molecular complexity index is 665. The molecule has 1 heterocycles. The lowest BCUT2D eigenvalue weighted by Gasteiger charge is -2.36. The van der Waals surface area contributed by atoms with Gasteiger partial charge in [-0.25, -0.2) is 0 Å². The zero-order valence-electron chi connectivity index (χ0n) is 16.1. The van der Waals surface area contributed by atoms with Crippen LogP contribution in [0.2, 0.25) is 0 Å². The summed E-state index contributed by atoms with van der Waals surface area (Å²) in [6.07, 6.45) is 2.97. The van der Waals surface area contributed by atoms with Crippen molar-refractivity contribution in [3.63, 3.8) is 0 Å². The Hall–Kier alpha value is -2.63. The van der Waals surface area contributed by atoms with Gasteiger partial charge in [0.15, 0.2) is 0 Å². The van der Waals surface area contributed by atoms with Crippen molar-refractivity contribution in [1.82, 2.24) is 15.5 Å². The molecule has 2 N–H and O–H groups in total. The average molecular weight is 371 g/mol. The van der Waals surface area contributed by atoms with E-state index in [-0.39, 0.29) is 29.6 Å². The largest absolute Gasteiger partial charge is 0.351 e. The molecule has 27 heavy (non-hydrogen) atoms. The van der Waals surface area contributed by atoms with Gasteiger partial charge in [0.1, 0.15) is 6.04 Å². The van der Waals surface area contributed by atoms with E-state index in [9.17, 15) is 14.4 Å². The standard InChI is InChI=1S/C21H29N3O3/c1-4-12-22-20(26)18(23-19(25)17-8-6-5-7-9-17)16-10-13-24(14-11-16)21(27)15(2)3/h4-9,15-16,18H,1,10-14H2,2-3H3,(H,22,26)(H,23,25). The van der Waals surface area contributed by atoms with Crippen LogP contribution in [0.15, 0.2) is 43.0 Å². The highest BCUT2D eigenvalue weighted by Crippen LogP contribution is 2.22. The Morgan fingerprint density at radius 1 is 1.19 bits per heavy atom. The molecule has 2 rings (SSSR count). The molecule has 0 spiro atoms. The quantitative estimate of drug-likeness (QED) is 0.720. The summed E-state index contributed by atoms with van der Waals surface area (Å²) in [5.74, 6) is -0.401. The summed E-state index contributed by atoms with van der Waals surface area (Å²) >= 11 is 0. The molecule has 3 amide bonds. The van der Waals surface area contributed by atoms with Crippen LogP contribution in [0.3, 0.4) is 0 Å². The normalized spacial score (nSPS) is 15.9.